The maximum absolute atomic E-state index is 12.2. The molecule has 0 aliphatic carbocycles. The highest BCUT2D eigenvalue weighted by Crippen LogP contribution is 2.21. The third-order valence-corrected chi connectivity index (χ3v) is 4.09. The summed E-state index contributed by atoms with van der Waals surface area (Å²) >= 11 is 0. The van der Waals surface area contributed by atoms with Gasteiger partial charge in [-0.05, 0) is 48.7 Å². The van der Waals surface area contributed by atoms with Crippen LogP contribution >= 0.6 is 0 Å². The smallest absolute Gasteiger partial charge is 0.333 e. The number of hydrogen-bond acceptors (Lipinski definition) is 5. The second-order valence-corrected chi connectivity index (χ2v) is 5.92. The molecule has 138 valence electrons. The van der Waals surface area contributed by atoms with Crippen LogP contribution in [0, 0.1) is 13.8 Å². The number of esters is 1. The monoisotopic (exact) mass is 357 g/mol. The summed E-state index contributed by atoms with van der Waals surface area (Å²) in [5.41, 5.74) is 2.59. The molecule has 1 amide bonds. The average Bonchev–Trinajstić information content (AvgIpc) is 2.62. The molecule has 1 unspecified atom stereocenters. The van der Waals surface area contributed by atoms with Crippen LogP contribution in [0.25, 0.3) is 0 Å². The number of phenols is 1. The first-order valence-corrected chi connectivity index (χ1v) is 8.27. The van der Waals surface area contributed by atoms with Crippen LogP contribution in [0.4, 0.5) is 0 Å². The zero-order valence-electron chi connectivity index (χ0n) is 15.1. The Hall–Kier alpha value is -3.02. The number of amides is 1. The van der Waals surface area contributed by atoms with E-state index in [2.05, 4.69) is 5.32 Å². The van der Waals surface area contributed by atoms with E-state index in [0.29, 0.717) is 5.56 Å². The second kappa shape index (κ2) is 8.89. The van der Waals surface area contributed by atoms with Crippen molar-refractivity contribution >= 4 is 11.9 Å². The van der Waals surface area contributed by atoms with Gasteiger partial charge in [-0.25, -0.2) is 4.79 Å². The number of carbonyl (C=O) groups excluding carboxylic acids is 2. The zero-order valence-corrected chi connectivity index (χ0v) is 15.1. The van der Waals surface area contributed by atoms with Crippen molar-refractivity contribution in [2.75, 3.05) is 13.7 Å². The predicted octanol–water partition coefficient (Wildman–Crippen LogP) is 2.81. The fourth-order valence-electron chi connectivity index (χ4n) is 2.47. The molecule has 2 rings (SSSR count). The molecule has 0 saturated heterocycles. The first kappa shape index (κ1) is 19.3. The van der Waals surface area contributed by atoms with Gasteiger partial charge in [0.2, 0.25) is 5.91 Å². The lowest BCUT2D eigenvalue weighted by Gasteiger charge is -2.17. The minimum Gasteiger partial charge on any atom is -0.508 e. The normalized spacial score (nSPS) is 11.5. The number of rotatable bonds is 7. The van der Waals surface area contributed by atoms with Gasteiger partial charge in [0, 0.05) is 0 Å². The Morgan fingerprint density at radius 3 is 2.58 bits per heavy atom. The van der Waals surface area contributed by atoms with Gasteiger partial charge < -0.3 is 19.9 Å². The van der Waals surface area contributed by atoms with Gasteiger partial charge in [0.25, 0.3) is 0 Å². The van der Waals surface area contributed by atoms with Crippen LogP contribution in [0.5, 0.6) is 11.5 Å². The average molecular weight is 357 g/mol. The summed E-state index contributed by atoms with van der Waals surface area (Å²) in [6.45, 7) is 4.13. The number of phenolic OH excluding ortho intramolecular Hbond substituents is 1. The molecule has 0 aromatic heterocycles. The Kier molecular flexibility index (Phi) is 6.60. The van der Waals surface area contributed by atoms with Crippen LogP contribution in [0.1, 0.15) is 29.2 Å². The molecule has 2 N–H and O–H groups in total. The number of aryl methyl sites for hydroxylation is 1. The fourth-order valence-corrected chi connectivity index (χ4v) is 2.47. The van der Waals surface area contributed by atoms with Gasteiger partial charge in [0.15, 0.2) is 6.04 Å². The van der Waals surface area contributed by atoms with Crippen LogP contribution in [-0.4, -0.2) is 30.7 Å². The third kappa shape index (κ3) is 4.99. The van der Waals surface area contributed by atoms with Crippen molar-refractivity contribution in [2.24, 2.45) is 0 Å². The summed E-state index contributed by atoms with van der Waals surface area (Å²) in [5, 5.41) is 12.2. The maximum Gasteiger partial charge on any atom is 0.333 e. The molecule has 0 saturated carbocycles. The lowest BCUT2D eigenvalue weighted by molar-refractivity contribution is -0.145. The Balaban J connectivity index is 1.97. The molecule has 2 aromatic carbocycles. The summed E-state index contributed by atoms with van der Waals surface area (Å²) in [4.78, 5) is 24.2. The van der Waals surface area contributed by atoms with Crippen LogP contribution in [0.2, 0.25) is 0 Å². The van der Waals surface area contributed by atoms with E-state index in [0.717, 1.165) is 16.9 Å². The van der Waals surface area contributed by atoms with Crippen LogP contribution in [0.15, 0.2) is 42.5 Å². The van der Waals surface area contributed by atoms with E-state index < -0.39 is 12.0 Å². The number of carbonyl (C=O) groups is 2. The number of nitrogens with one attached hydrogen (secondary N) is 1. The molecule has 0 radical (unpaired) electrons. The highest BCUT2D eigenvalue weighted by molar-refractivity contribution is 5.85. The molecule has 0 spiro atoms. The van der Waals surface area contributed by atoms with Gasteiger partial charge in [-0.1, -0.05) is 24.3 Å². The minimum atomic E-state index is -0.986. The van der Waals surface area contributed by atoms with Crippen molar-refractivity contribution in [1.82, 2.24) is 5.32 Å². The Morgan fingerprint density at radius 2 is 1.88 bits per heavy atom. The summed E-state index contributed by atoms with van der Waals surface area (Å²) in [5.74, 6) is -0.229. The number of benzene rings is 2. The second-order valence-electron chi connectivity index (χ2n) is 5.92. The van der Waals surface area contributed by atoms with Gasteiger partial charge >= 0.3 is 5.97 Å². The van der Waals surface area contributed by atoms with E-state index in [4.69, 9.17) is 9.47 Å². The molecule has 6 nitrogen and oxygen atoms in total. The molecule has 26 heavy (non-hydrogen) atoms. The SMILES string of the molecule is COC(=O)C(NC(=O)CCOc1cccc(C)c1C)c1cccc(O)c1. The first-order valence-electron chi connectivity index (χ1n) is 8.27. The van der Waals surface area contributed by atoms with Crippen molar-refractivity contribution in [1.29, 1.82) is 0 Å². The van der Waals surface area contributed by atoms with E-state index >= 15 is 0 Å². The summed E-state index contributed by atoms with van der Waals surface area (Å²) in [6.07, 6.45) is 0.0830. The van der Waals surface area contributed by atoms with Crippen molar-refractivity contribution < 1.29 is 24.2 Å². The van der Waals surface area contributed by atoms with Crippen molar-refractivity contribution in [2.45, 2.75) is 26.3 Å². The van der Waals surface area contributed by atoms with Crippen molar-refractivity contribution in [3.05, 3.63) is 59.2 Å². The lowest BCUT2D eigenvalue weighted by Crippen LogP contribution is -2.35. The molecule has 0 aliphatic rings. The van der Waals surface area contributed by atoms with Gasteiger partial charge in [0.05, 0.1) is 20.1 Å². The molecular weight excluding hydrogens is 334 g/mol. The molecule has 6 heteroatoms. The Morgan fingerprint density at radius 1 is 1.15 bits per heavy atom. The van der Waals surface area contributed by atoms with E-state index in [1.54, 1.807) is 12.1 Å². The molecule has 2 aromatic rings. The van der Waals surface area contributed by atoms with Crippen LogP contribution < -0.4 is 10.1 Å². The van der Waals surface area contributed by atoms with E-state index in [1.165, 1.54) is 19.2 Å². The van der Waals surface area contributed by atoms with E-state index in [-0.39, 0.29) is 24.7 Å². The number of ether oxygens (including phenoxy) is 2. The fraction of sp³-hybridized carbons (Fsp3) is 0.300. The molecular formula is C20H23NO5. The standard InChI is InChI=1S/C20H23NO5/c1-13-6-4-9-17(14(13)2)26-11-10-18(23)21-19(20(24)25-3)15-7-5-8-16(22)12-15/h4-9,12,19,22H,10-11H2,1-3H3,(H,21,23). The molecule has 1 atom stereocenters. The quantitative estimate of drug-likeness (QED) is 0.745. The summed E-state index contributed by atoms with van der Waals surface area (Å²) < 4.78 is 10.4. The molecule has 0 bridgehead atoms. The zero-order chi connectivity index (χ0) is 19.1. The molecule has 0 heterocycles. The number of methoxy groups -OCH3 is 1. The third-order valence-electron chi connectivity index (χ3n) is 4.09. The first-order chi connectivity index (χ1) is 12.4. The van der Waals surface area contributed by atoms with Crippen molar-refractivity contribution in [3.8, 4) is 11.5 Å². The van der Waals surface area contributed by atoms with E-state index in [1.807, 2.05) is 32.0 Å². The number of aromatic hydroxyl groups is 1. The van der Waals surface area contributed by atoms with Crippen LogP contribution in [-0.2, 0) is 14.3 Å². The highest BCUT2D eigenvalue weighted by atomic mass is 16.5. The summed E-state index contributed by atoms with van der Waals surface area (Å²) in [7, 11) is 1.24. The molecule has 0 aliphatic heterocycles. The predicted molar refractivity (Wildman–Crippen MR) is 97.0 cm³/mol. The topological polar surface area (TPSA) is 84.9 Å². The van der Waals surface area contributed by atoms with Gasteiger partial charge in [-0.2, -0.15) is 0 Å². The largest absolute Gasteiger partial charge is 0.508 e. The van der Waals surface area contributed by atoms with Crippen molar-refractivity contribution in [3.63, 3.8) is 0 Å². The molecule has 0 fully saturated rings. The van der Waals surface area contributed by atoms with Crippen LogP contribution in [0.3, 0.4) is 0 Å². The Labute approximate surface area is 152 Å². The Bertz CT molecular complexity index is 788. The number of hydrogen-bond donors (Lipinski definition) is 2. The lowest BCUT2D eigenvalue weighted by atomic mass is 10.1. The summed E-state index contributed by atoms with van der Waals surface area (Å²) in [6, 6.07) is 10.9. The van der Waals surface area contributed by atoms with E-state index in [9.17, 15) is 14.7 Å². The van der Waals surface area contributed by atoms with Gasteiger partial charge in [-0.3, -0.25) is 4.79 Å². The van der Waals surface area contributed by atoms with Gasteiger partial charge in [-0.15, -0.1) is 0 Å². The van der Waals surface area contributed by atoms with Gasteiger partial charge in [0.1, 0.15) is 11.5 Å². The minimum absolute atomic E-state index is 0.00362. The maximum atomic E-state index is 12.2. The highest BCUT2D eigenvalue weighted by Gasteiger charge is 2.23.